The van der Waals surface area contributed by atoms with Gasteiger partial charge in [0, 0.05) is 50.6 Å². The minimum absolute atomic E-state index is 0. The summed E-state index contributed by atoms with van der Waals surface area (Å²) < 4.78 is 33.7. The molecule has 3 aromatic carbocycles. The molecule has 1 aliphatic carbocycles. The second-order valence-corrected chi connectivity index (χ2v) is 10.0. The van der Waals surface area contributed by atoms with E-state index in [9.17, 15) is 13.6 Å². The predicted octanol–water partition coefficient (Wildman–Crippen LogP) is 8.85. The van der Waals surface area contributed by atoms with Crippen molar-refractivity contribution in [1.82, 2.24) is 4.98 Å². The molecule has 2 aromatic heterocycles. The van der Waals surface area contributed by atoms with Crippen LogP contribution in [-0.4, -0.2) is 21.8 Å². The van der Waals surface area contributed by atoms with Crippen LogP contribution in [0.15, 0.2) is 77.0 Å². The molecule has 0 bridgehead atoms. The number of ketones is 1. The maximum absolute atomic E-state index is 13.7. The van der Waals surface area contributed by atoms with Crippen molar-refractivity contribution in [2.24, 2.45) is 0 Å². The maximum atomic E-state index is 13.7. The van der Waals surface area contributed by atoms with Gasteiger partial charge < -0.3 is 14.5 Å². The fourth-order valence-corrected chi connectivity index (χ4v) is 5.25. The van der Waals surface area contributed by atoms with E-state index in [1.54, 1.807) is 6.20 Å². The summed E-state index contributed by atoms with van der Waals surface area (Å²) in [5, 5.41) is 12.4. The summed E-state index contributed by atoms with van der Waals surface area (Å²) in [6.07, 6.45) is 3.37. The molecular weight excluding hydrogens is 677 g/mol. The maximum Gasteiger partial charge on any atom is 0.248 e. The van der Waals surface area contributed by atoms with Crippen molar-refractivity contribution in [3.8, 4) is 11.3 Å². The van der Waals surface area contributed by atoms with Crippen molar-refractivity contribution in [2.75, 3.05) is 0 Å². The number of rotatable bonds is 3. The van der Waals surface area contributed by atoms with E-state index in [2.05, 4.69) is 23.2 Å². The third-order valence-electron chi connectivity index (χ3n) is 6.86. The zero-order chi connectivity index (χ0) is 27.0. The molecule has 1 saturated carbocycles. The Labute approximate surface area is 239 Å². The van der Waals surface area contributed by atoms with E-state index in [1.807, 2.05) is 49.4 Å². The molecule has 1 N–H and O–H groups in total. The van der Waals surface area contributed by atoms with E-state index in [-0.39, 0.29) is 50.4 Å². The summed E-state index contributed by atoms with van der Waals surface area (Å²) in [5.41, 5.74) is 5.22. The van der Waals surface area contributed by atoms with E-state index in [0.717, 1.165) is 55.1 Å². The predicted molar refractivity (Wildman–Crippen MR) is 147 cm³/mol. The molecule has 39 heavy (non-hydrogen) atoms. The number of carbonyl (C=O) groups excluding carboxylic acids is 1. The van der Waals surface area contributed by atoms with Crippen LogP contribution >= 0.6 is 0 Å². The fourth-order valence-electron chi connectivity index (χ4n) is 5.25. The number of benzene rings is 3. The van der Waals surface area contributed by atoms with Crippen LogP contribution in [0.25, 0.3) is 44.0 Å². The Balaban J connectivity index is 0.000000394. The van der Waals surface area contributed by atoms with Crippen molar-refractivity contribution in [3.63, 3.8) is 0 Å². The van der Waals surface area contributed by atoms with Gasteiger partial charge in [-0.3, -0.25) is 4.79 Å². The van der Waals surface area contributed by atoms with Crippen LogP contribution in [0, 0.1) is 13.0 Å². The monoisotopic (exact) mass is 705 g/mol. The first kappa shape index (κ1) is 28.6. The normalized spacial score (nSPS) is 16.6. The minimum atomic E-state index is -2.55. The third-order valence-corrected chi connectivity index (χ3v) is 6.86. The summed E-state index contributed by atoms with van der Waals surface area (Å²) in [4.78, 5) is 14.7. The first-order valence-electron chi connectivity index (χ1n) is 12.6. The van der Waals surface area contributed by atoms with Gasteiger partial charge in [0.25, 0.3) is 0 Å². The molecule has 0 aliphatic heterocycles. The van der Waals surface area contributed by atoms with Gasteiger partial charge >= 0.3 is 0 Å². The number of alkyl halides is 2. The number of aromatic nitrogens is 1. The van der Waals surface area contributed by atoms with Crippen LogP contribution in [-0.2, 0) is 24.9 Å². The Morgan fingerprint density at radius 1 is 1.10 bits per heavy atom. The number of hydrogen-bond donors (Lipinski definition) is 1. The molecule has 0 saturated heterocycles. The first-order valence-corrected chi connectivity index (χ1v) is 12.6. The smallest absolute Gasteiger partial charge is 0.248 e. The van der Waals surface area contributed by atoms with Gasteiger partial charge in [-0.1, -0.05) is 54.3 Å². The number of halogens is 2. The Morgan fingerprint density at radius 2 is 1.87 bits per heavy atom. The van der Waals surface area contributed by atoms with Gasteiger partial charge in [-0.25, -0.2) is 8.78 Å². The van der Waals surface area contributed by atoms with Crippen LogP contribution in [0.1, 0.15) is 50.2 Å². The van der Waals surface area contributed by atoms with E-state index < -0.39 is 5.92 Å². The SMILES string of the molecule is CC(=O)/C=C(/C)O.Cc1[c-]c(-c2nccc3cc(C4CCC(F)(F)C4)ccc23)c2oc3ccccc3c2c1.[Ir]. The molecule has 0 spiro atoms. The minimum Gasteiger partial charge on any atom is -0.512 e. The number of hydrogen-bond acceptors (Lipinski definition) is 4. The number of aliphatic hydroxyl groups excluding tert-OH is 1. The number of pyridine rings is 1. The van der Waals surface area contributed by atoms with Gasteiger partial charge in [-0.15, -0.1) is 17.7 Å². The molecular formula is C32H28F2IrNO3-. The van der Waals surface area contributed by atoms with Gasteiger partial charge in [0.15, 0.2) is 5.78 Å². The quantitative estimate of drug-likeness (QED) is 0.116. The number of furan rings is 1. The Hall–Kier alpha value is -3.41. The van der Waals surface area contributed by atoms with Gasteiger partial charge in [-0.2, -0.15) is 0 Å². The number of carbonyl (C=O) groups is 1. The molecule has 1 fully saturated rings. The number of aryl methyl sites for hydroxylation is 1. The second kappa shape index (κ2) is 11.4. The molecule has 1 aliphatic rings. The third kappa shape index (κ3) is 6.10. The van der Waals surface area contributed by atoms with Crippen LogP contribution in [0.3, 0.4) is 0 Å². The van der Waals surface area contributed by atoms with Crippen LogP contribution < -0.4 is 0 Å². The Morgan fingerprint density at radius 3 is 2.54 bits per heavy atom. The second-order valence-electron chi connectivity index (χ2n) is 10.0. The molecule has 1 radical (unpaired) electrons. The molecule has 7 heteroatoms. The molecule has 2 heterocycles. The largest absolute Gasteiger partial charge is 0.512 e. The van der Waals surface area contributed by atoms with Crippen LogP contribution in [0.5, 0.6) is 0 Å². The van der Waals surface area contributed by atoms with Crippen molar-refractivity contribution in [3.05, 3.63) is 89.8 Å². The molecule has 0 amide bonds. The summed E-state index contributed by atoms with van der Waals surface area (Å²) in [6.45, 7) is 4.87. The van der Waals surface area contributed by atoms with E-state index in [1.165, 1.54) is 19.9 Å². The number of nitrogens with zero attached hydrogens (tertiary/aromatic N) is 1. The summed E-state index contributed by atoms with van der Waals surface area (Å²) >= 11 is 0. The number of aliphatic hydroxyl groups is 1. The number of fused-ring (bicyclic) bond motifs is 4. The van der Waals surface area contributed by atoms with Gasteiger partial charge in [-0.05, 0) is 60.3 Å². The average Bonchev–Trinajstić information content (AvgIpc) is 3.42. The topological polar surface area (TPSA) is 63.3 Å². The number of para-hydroxylation sites is 1. The summed E-state index contributed by atoms with van der Waals surface area (Å²) in [6, 6.07) is 21.5. The van der Waals surface area contributed by atoms with Crippen molar-refractivity contribution in [1.29, 1.82) is 0 Å². The average molecular weight is 705 g/mol. The van der Waals surface area contributed by atoms with Crippen LogP contribution in [0.2, 0.25) is 0 Å². The van der Waals surface area contributed by atoms with E-state index >= 15 is 0 Å². The zero-order valence-corrected chi connectivity index (χ0v) is 24.2. The fraction of sp³-hybridized carbons (Fsp3) is 0.250. The molecule has 1 unspecified atom stereocenters. The van der Waals surface area contributed by atoms with Crippen molar-refractivity contribution < 1.29 is 43.2 Å². The number of allylic oxidation sites excluding steroid dienone is 2. The first-order chi connectivity index (χ1) is 18.1. The molecule has 4 nitrogen and oxygen atoms in total. The molecule has 203 valence electrons. The molecule has 1 atom stereocenters. The summed E-state index contributed by atoms with van der Waals surface area (Å²) in [5.74, 6) is -2.71. The molecule has 5 aromatic rings. The van der Waals surface area contributed by atoms with Crippen molar-refractivity contribution in [2.45, 2.75) is 51.9 Å². The van der Waals surface area contributed by atoms with Crippen molar-refractivity contribution >= 4 is 38.5 Å². The van der Waals surface area contributed by atoms with Gasteiger partial charge in [0.2, 0.25) is 5.92 Å². The van der Waals surface area contributed by atoms with Gasteiger partial charge in [0.1, 0.15) is 5.58 Å². The standard InChI is InChI=1S/C27H20F2NO.C5H8O2.Ir/c1-16-12-22-21-4-2-3-5-24(21)31-26(22)23(13-16)25-20-7-6-17(14-18(20)9-11-30-25)19-8-10-27(28,29)15-19;1-4(6)3-5(2)7;/h2-7,9,11-12,14,19H,8,10,15H2,1H3;3,6H,1-2H3;/q-1;;/b;4-3-;. The van der Waals surface area contributed by atoms with Crippen LogP contribution in [0.4, 0.5) is 8.78 Å². The zero-order valence-electron chi connectivity index (χ0n) is 21.8. The Kier molecular flexibility index (Phi) is 8.34. The van der Waals surface area contributed by atoms with E-state index in [4.69, 9.17) is 9.52 Å². The van der Waals surface area contributed by atoms with E-state index in [0.29, 0.717) is 6.42 Å². The molecule has 6 rings (SSSR count). The Bertz CT molecular complexity index is 1700. The van der Waals surface area contributed by atoms with Gasteiger partial charge in [0.05, 0.1) is 11.3 Å². The summed E-state index contributed by atoms with van der Waals surface area (Å²) in [7, 11) is 0.